The van der Waals surface area contributed by atoms with Crippen LogP contribution in [-0.4, -0.2) is 47.2 Å². The van der Waals surface area contributed by atoms with E-state index in [4.69, 9.17) is 4.42 Å². The highest BCUT2D eigenvalue weighted by Crippen LogP contribution is 2.19. The highest BCUT2D eigenvalue weighted by molar-refractivity contribution is 5.15. The van der Waals surface area contributed by atoms with E-state index >= 15 is 0 Å². The van der Waals surface area contributed by atoms with Crippen LogP contribution in [0.25, 0.3) is 0 Å². The highest BCUT2D eigenvalue weighted by Gasteiger charge is 2.27. The molecular formula is C19H26N2O2. The molecule has 1 aromatic heterocycles. The molecule has 1 N–H and O–H groups in total. The van der Waals surface area contributed by atoms with Crippen LogP contribution in [0.4, 0.5) is 0 Å². The number of hydrogen-bond acceptors (Lipinski definition) is 4. The zero-order valence-corrected chi connectivity index (χ0v) is 13.8. The van der Waals surface area contributed by atoms with Crippen molar-refractivity contribution in [2.45, 2.75) is 32.5 Å². The monoisotopic (exact) mass is 314 g/mol. The van der Waals surface area contributed by atoms with Crippen molar-refractivity contribution in [2.75, 3.05) is 26.2 Å². The third-order valence-electron chi connectivity index (χ3n) is 4.56. The van der Waals surface area contributed by atoms with E-state index in [-0.39, 0.29) is 6.61 Å². The van der Waals surface area contributed by atoms with E-state index in [0.29, 0.717) is 6.04 Å². The molecule has 0 amide bonds. The summed E-state index contributed by atoms with van der Waals surface area (Å²) in [6.07, 6.45) is 0.820. The Balaban J connectivity index is 1.61. The van der Waals surface area contributed by atoms with Gasteiger partial charge >= 0.3 is 0 Å². The van der Waals surface area contributed by atoms with Crippen LogP contribution in [0.2, 0.25) is 0 Å². The first-order chi connectivity index (χ1) is 11.2. The number of aryl methyl sites for hydroxylation is 1. The van der Waals surface area contributed by atoms with Crippen LogP contribution in [0.15, 0.2) is 46.9 Å². The molecule has 1 saturated heterocycles. The van der Waals surface area contributed by atoms with Crippen molar-refractivity contribution in [3.05, 3.63) is 59.5 Å². The number of benzene rings is 1. The van der Waals surface area contributed by atoms with Crippen LogP contribution in [0.1, 0.15) is 23.5 Å². The molecule has 3 rings (SSSR count). The molecule has 0 saturated carbocycles. The minimum Gasteiger partial charge on any atom is -0.465 e. The van der Waals surface area contributed by atoms with Gasteiger partial charge in [0.2, 0.25) is 0 Å². The molecule has 0 aliphatic carbocycles. The molecule has 2 aromatic rings. The number of aliphatic hydroxyl groups is 1. The molecule has 1 aliphatic rings. The number of hydrogen-bond donors (Lipinski definition) is 1. The molecule has 0 unspecified atom stereocenters. The molecule has 4 nitrogen and oxygen atoms in total. The van der Waals surface area contributed by atoms with Crippen molar-refractivity contribution in [1.82, 2.24) is 9.80 Å². The minimum absolute atomic E-state index is 0.240. The Morgan fingerprint density at radius 2 is 1.91 bits per heavy atom. The van der Waals surface area contributed by atoms with Crippen molar-refractivity contribution in [2.24, 2.45) is 0 Å². The van der Waals surface area contributed by atoms with Gasteiger partial charge in [-0.15, -0.1) is 0 Å². The summed E-state index contributed by atoms with van der Waals surface area (Å²) in [7, 11) is 0. The molecule has 2 heterocycles. The van der Waals surface area contributed by atoms with Crippen molar-refractivity contribution in [3.63, 3.8) is 0 Å². The van der Waals surface area contributed by atoms with Crippen molar-refractivity contribution in [3.8, 4) is 0 Å². The zero-order valence-electron chi connectivity index (χ0n) is 13.8. The summed E-state index contributed by atoms with van der Waals surface area (Å²) in [6.45, 7) is 7.08. The summed E-state index contributed by atoms with van der Waals surface area (Å²) in [5.41, 5.74) is 1.34. The fourth-order valence-electron chi connectivity index (χ4n) is 3.34. The lowest BCUT2D eigenvalue weighted by molar-refractivity contribution is 0.0467. The molecule has 1 fully saturated rings. The number of piperazine rings is 1. The third kappa shape index (κ3) is 4.44. The molecule has 0 radical (unpaired) electrons. The summed E-state index contributed by atoms with van der Waals surface area (Å²) in [6, 6.07) is 15.1. The van der Waals surface area contributed by atoms with Gasteiger partial charge in [-0.25, -0.2) is 0 Å². The number of nitrogens with zero attached hydrogens (tertiary/aromatic N) is 2. The van der Waals surface area contributed by atoms with Gasteiger partial charge in [-0.3, -0.25) is 9.80 Å². The topological polar surface area (TPSA) is 39.9 Å². The van der Waals surface area contributed by atoms with Crippen LogP contribution in [-0.2, 0) is 13.1 Å². The fourth-order valence-corrected chi connectivity index (χ4v) is 3.34. The normalized spacial score (nSPS) is 20.0. The standard InChI is InChI=1S/C19H26N2O2/c1-16-7-8-19(23-16)15-20-10-11-21(18(14-20)9-12-22)13-17-5-3-2-4-6-17/h2-8,18,22H,9-15H2,1H3/t18-/m1/s1. The first kappa shape index (κ1) is 16.2. The second kappa shape index (κ2) is 7.77. The Bertz CT molecular complexity index is 596. The maximum atomic E-state index is 9.42. The van der Waals surface area contributed by atoms with E-state index in [0.717, 1.165) is 50.7 Å². The van der Waals surface area contributed by atoms with Crippen LogP contribution >= 0.6 is 0 Å². The van der Waals surface area contributed by atoms with Crippen molar-refractivity contribution < 1.29 is 9.52 Å². The maximum absolute atomic E-state index is 9.42. The third-order valence-corrected chi connectivity index (χ3v) is 4.56. The Morgan fingerprint density at radius 3 is 2.61 bits per heavy atom. The molecule has 1 atom stereocenters. The molecule has 1 aromatic carbocycles. The van der Waals surface area contributed by atoms with E-state index < -0.39 is 0 Å². The van der Waals surface area contributed by atoms with Gasteiger partial charge in [0.15, 0.2) is 0 Å². The molecule has 23 heavy (non-hydrogen) atoms. The summed E-state index contributed by atoms with van der Waals surface area (Å²) in [5.74, 6) is 2.00. The average Bonchev–Trinajstić information content (AvgIpc) is 2.96. The lowest BCUT2D eigenvalue weighted by Gasteiger charge is -2.41. The molecule has 0 spiro atoms. The average molecular weight is 314 g/mol. The van der Waals surface area contributed by atoms with Gasteiger partial charge in [0.1, 0.15) is 11.5 Å². The molecule has 4 heteroatoms. The summed E-state index contributed by atoms with van der Waals surface area (Å²) >= 11 is 0. The van der Waals surface area contributed by atoms with Crippen LogP contribution in [0.5, 0.6) is 0 Å². The van der Waals surface area contributed by atoms with Crippen LogP contribution in [0.3, 0.4) is 0 Å². The van der Waals surface area contributed by atoms with Gasteiger partial charge in [-0.05, 0) is 31.0 Å². The summed E-state index contributed by atoms with van der Waals surface area (Å²) < 4.78 is 5.70. The molecule has 124 valence electrons. The fraction of sp³-hybridized carbons (Fsp3) is 0.474. The van der Waals surface area contributed by atoms with E-state index in [1.54, 1.807) is 0 Å². The largest absolute Gasteiger partial charge is 0.465 e. The van der Waals surface area contributed by atoms with Gasteiger partial charge < -0.3 is 9.52 Å². The van der Waals surface area contributed by atoms with Gasteiger partial charge in [0.05, 0.1) is 6.54 Å². The minimum atomic E-state index is 0.240. The second-order valence-corrected chi connectivity index (χ2v) is 6.37. The summed E-state index contributed by atoms with van der Waals surface area (Å²) in [5, 5.41) is 9.42. The first-order valence-electron chi connectivity index (χ1n) is 8.41. The molecule has 0 bridgehead atoms. The molecule has 1 aliphatic heterocycles. The van der Waals surface area contributed by atoms with E-state index in [2.05, 4.69) is 46.2 Å². The second-order valence-electron chi connectivity index (χ2n) is 6.37. The highest BCUT2D eigenvalue weighted by atomic mass is 16.3. The lowest BCUT2D eigenvalue weighted by Crippen LogP contribution is -2.52. The van der Waals surface area contributed by atoms with Gasteiger partial charge in [0.25, 0.3) is 0 Å². The van der Waals surface area contributed by atoms with Crippen molar-refractivity contribution >= 4 is 0 Å². The Kier molecular flexibility index (Phi) is 5.49. The summed E-state index contributed by atoms with van der Waals surface area (Å²) in [4.78, 5) is 4.93. The predicted molar refractivity (Wildman–Crippen MR) is 91.1 cm³/mol. The van der Waals surface area contributed by atoms with E-state index in [1.165, 1.54) is 5.56 Å². The Hall–Kier alpha value is -1.62. The van der Waals surface area contributed by atoms with Crippen molar-refractivity contribution in [1.29, 1.82) is 0 Å². The zero-order chi connectivity index (χ0) is 16.1. The van der Waals surface area contributed by atoms with E-state index in [1.807, 2.05) is 13.0 Å². The van der Waals surface area contributed by atoms with Gasteiger partial charge in [-0.1, -0.05) is 30.3 Å². The number of rotatable bonds is 6. The predicted octanol–water partition coefficient (Wildman–Crippen LogP) is 2.66. The quantitative estimate of drug-likeness (QED) is 0.890. The van der Waals surface area contributed by atoms with Gasteiger partial charge in [-0.2, -0.15) is 0 Å². The smallest absolute Gasteiger partial charge is 0.118 e. The Labute approximate surface area is 138 Å². The van der Waals surface area contributed by atoms with Crippen LogP contribution < -0.4 is 0 Å². The van der Waals surface area contributed by atoms with Crippen LogP contribution in [0, 0.1) is 6.92 Å². The van der Waals surface area contributed by atoms with Gasteiger partial charge in [0, 0.05) is 38.8 Å². The number of furan rings is 1. The SMILES string of the molecule is Cc1ccc(CN2CCN(Cc3ccccc3)[C@H](CCO)C2)o1. The maximum Gasteiger partial charge on any atom is 0.118 e. The lowest BCUT2D eigenvalue weighted by atomic mass is 10.1. The Morgan fingerprint density at radius 1 is 1.09 bits per heavy atom. The molecular weight excluding hydrogens is 288 g/mol. The number of aliphatic hydroxyl groups excluding tert-OH is 1. The van der Waals surface area contributed by atoms with E-state index in [9.17, 15) is 5.11 Å². The first-order valence-corrected chi connectivity index (χ1v) is 8.41.